The second-order valence-corrected chi connectivity index (χ2v) is 10.9. The highest BCUT2D eigenvalue weighted by Crippen LogP contribution is 2.23. The van der Waals surface area contributed by atoms with Crippen molar-refractivity contribution in [2.75, 3.05) is 83.9 Å². The van der Waals surface area contributed by atoms with Gasteiger partial charge in [0.1, 0.15) is 18.0 Å². The third kappa shape index (κ3) is 8.91. The van der Waals surface area contributed by atoms with Crippen LogP contribution in [-0.2, 0) is 18.9 Å². The van der Waals surface area contributed by atoms with E-state index in [1.165, 1.54) is 4.90 Å². The van der Waals surface area contributed by atoms with Gasteiger partial charge in [-0.1, -0.05) is 12.1 Å². The summed E-state index contributed by atoms with van der Waals surface area (Å²) in [6.07, 6.45) is -0.261. The summed E-state index contributed by atoms with van der Waals surface area (Å²) in [6, 6.07) is 14.7. The number of fused-ring (bicyclic) bond motifs is 1. The molecule has 2 aliphatic heterocycles. The molecule has 1 fully saturated rings. The Morgan fingerprint density at radius 1 is 0.714 bits per heavy atom. The molecule has 0 bridgehead atoms. The Labute approximate surface area is 247 Å². The molecule has 11 heteroatoms. The second kappa shape index (κ2) is 15.0. The molecule has 0 atom stereocenters. The molecule has 42 heavy (non-hydrogen) atoms. The van der Waals surface area contributed by atoms with Gasteiger partial charge in [0.2, 0.25) is 0 Å². The Morgan fingerprint density at radius 3 is 1.79 bits per heavy atom. The Morgan fingerprint density at radius 2 is 1.24 bits per heavy atom. The van der Waals surface area contributed by atoms with E-state index in [1.807, 2.05) is 45.0 Å². The number of rotatable bonds is 14. The van der Waals surface area contributed by atoms with Crippen LogP contribution in [-0.4, -0.2) is 112 Å². The molecule has 0 aromatic heterocycles. The number of amides is 3. The van der Waals surface area contributed by atoms with Crippen molar-refractivity contribution in [3.8, 4) is 5.75 Å². The quantitative estimate of drug-likeness (QED) is 0.244. The monoisotopic (exact) mass is 583 g/mol. The van der Waals surface area contributed by atoms with Gasteiger partial charge in [-0.3, -0.25) is 14.5 Å². The van der Waals surface area contributed by atoms with Crippen molar-refractivity contribution in [1.29, 1.82) is 0 Å². The lowest BCUT2D eigenvalue weighted by Crippen LogP contribution is -2.50. The number of nitrogens with zero attached hydrogens (tertiary/aromatic N) is 3. The summed E-state index contributed by atoms with van der Waals surface area (Å²) < 4.78 is 27.8. The second-order valence-electron chi connectivity index (χ2n) is 10.9. The number of carbonyl (C=O) groups excluding carboxylic acids is 3. The van der Waals surface area contributed by atoms with Crippen LogP contribution in [0.3, 0.4) is 0 Å². The molecule has 0 aliphatic carbocycles. The van der Waals surface area contributed by atoms with Crippen LogP contribution >= 0.6 is 0 Å². The highest BCUT2D eigenvalue weighted by Gasteiger charge is 2.34. The number of imide groups is 1. The lowest BCUT2D eigenvalue weighted by molar-refractivity contribution is 0.00673. The molecule has 0 N–H and O–H groups in total. The minimum Gasteiger partial charge on any atom is -0.491 e. The SMILES string of the molecule is CC(C)(C)OC(=O)N1CCN(c2ccc(OCCOCCOCCOCCN3C(=O)c4ccccc4C3=O)cc2)CC1. The van der Waals surface area contributed by atoms with Gasteiger partial charge in [-0.25, -0.2) is 4.79 Å². The van der Waals surface area contributed by atoms with E-state index in [2.05, 4.69) is 4.90 Å². The maximum absolute atomic E-state index is 12.3. The Kier molecular flexibility index (Phi) is 11.2. The summed E-state index contributed by atoms with van der Waals surface area (Å²) in [5.74, 6) is 0.213. The summed E-state index contributed by atoms with van der Waals surface area (Å²) >= 11 is 0. The van der Waals surface area contributed by atoms with Crippen LogP contribution in [0.1, 0.15) is 41.5 Å². The van der Waals surface area contributed by atoms with E-state index in [1.54, 1.807) is 29.2 Å². The molecular formula is C31H41N3O8. The molecule has 0 saturated carbocycles. The van der Waals surface area contributed by atoms with Crippen molar-refractivity contribution in [3.63, 3.8) is 0 Å². The first-order valence-electron chi connectivity index (χ1n) is 14.4. The van der Waals surface area contributed by atoms with Crippen molar-refractivity contribution in [2.45, 2.75) is 26.4 Å². The Hall–Kier alpha value is -3.67. The molecule has 2 aromatic rings. The highest BCUT2D eigenvalue weighted by atomic mass is 16.6. The van der Waals surface area contributed by atoms with Crippen LogP contribution < -0.4 is 9.64 Å². The van der Waals surface area contributed by atoms with Crippen molar-refractivity contribution in [2.24, 2.45) is 0 Å². The van der Waals surface area contributed by atoms with Crippen LogP contribution in [0.2, 0.25) is 0 Å². The third-order valence-electron chi connectivity index (χ3n) is 6.71. The smallest absolute Gasteiger partial charge is 0.410 e. The van der Waals surface area contributed by atoms with Gasteiger partial charge >= 0.3 is 6.09 Å². The molecule has 4 rings (SSSR count). The number of anilines is 1. The van der Waals surface area contributed by atoms with Gasteiger partial charge in [0.15, 0.2) is 0 Å². The largest absolute Gasteiger partial charge is 0.491 e. The molecule has 228 valence electrons. The van der Waals surface area contributed by atoms with Gasteiger partial charge in [-0.15, -0.1) is 0 Å². The summed E-state index contributed by atoms with van der Waals surface area (Å²) in [6.45, 7) is 11.3. The average Bonchev–Trinajstić information content (AvgIpc) is 3.22. The summed E-state index contributed by atoms with van der Waals surface area (Å²) in [4.78, 5) is 42.1. The fourth-order valence-corrected chi connectivity index (χ4v) is 4.59. The van der Waals surface area contributed by atoms with E-state index in [9.17, 15) is 14.4 Å². The highest BCUT2D eigenvalue weighted by molar-refractivity contribution is 6.21. The number of hydrogen-bond donors (Lipinski definition) is 0. The van der Waals surface area contributed by atoms with Gasteiger partial charge in [0, 0.05) is 31.9 Å². The lowest BCUT2D eigenvalue weighted by Gasteiger charge is -2.36. The van der Waals surface area contributed by atoms with Crippen LogP contribution in [0.25, 0.3) is 0 Å². The first kappa shape index (κ1) is 31.3. The van der Waals surface area contributed by atoms with Crippen LogP contribution in [0.15, 0.2) is 48.5 Å². The molecule has 2 heterocycles. The zero-order valence-corrected chi connectivity index (χ0v) is 24.7. The molecule has 1 saturated heterocycles. The van der Waals surface area contributed by atoms with Gasteiger partial charge in [-0.2, -0.15) is 0 Å². The Bertz CT molecular complexity index is 1150. The Balaban J connectivity index is 0.984. The third-order valence-corrected chi connectivity index (χ3v) is 6.71. The van der Waals surface area contributed by atoms with Crippen LogP contribution in [0, 0.1) is 0 Å². The molecule has 2 aromatic carbocycles. The van der Waals surface area contributed by atoms with Gasteiger partial charge < -0.3 is 33.5 Å². The van der Waals surface area contributed by atoms with Gasteiger partial charge in [-0.05, 0) is 57.2 Å². The lowest BCUT2D eigenvalue weighted by atomic mass is 10.1. The molecule has 2 aliphatic rings. The summed E-state index contributed by atoms with van der Waals surface area (Å²) in [7, 11) is 0. The maximum atomic E-state index is 12.3. The topological polar surface area (TPSA) is 107 Å². The molecule has 0 spiro atoms. The number of hydrogen-bond acceptors (Lipinski definition) is 9. The maximum Gasteiger partial charge on any atom is 0.410 e. The molecule has 0 unspecified atom stereocenters. The van der Waals surface area contributed by atoms with Crippen LogP contribution in [0.4, 0.5) is 10.5 Å². The molecule has 11 nitrogen and oxygen atoms in total. The number of carbonyl (C=O) groups is 3. The average molecular weight is 584 g/mol. The van der Waals surface area contributed by atoms with E-state index < -0.39 is 5.60 Å². The zero-order chi connectivity index (χ0) is 30.0. The van der Waals surface area contributed by atoms with Gasteiger partial charge in [0.05, 0.1) is 57.3 Å². The standard InChI is InChI=1S/C31H41N3O8/c1-31(2,3)42-30(37)33-14-12-32(13-15-33)24-8-10-25(11-9-24)41-23-22-40-21-20-39-19-18-38-17-16-34-28(35)26-6-4-5-7-27(26)29(34)36/h4-11H,12-23H2,1-3H3. The number of ether oxygens (including phenoxy) is 5. The zero-order valence-electron chi connectivity index (χ0n) is 24.7. The predicted molar refractivity (Wildman–Crippen MR) is 156 cm³/mol. The van der Waals surface area contributed by atoms with Crippen LogP contribution in [0.5, 0.6) is 5.75 Å². The van der Waals surface area contributed by atoms with Crippen molar-refractivity contribution in [1.82, 2.24) is 9.80 Å². The van der Waals surface area contributed by atoms with Crippen molar-refractivity contribution >= 4 is 23.6 Å². The van der Waals surface area contributed by atoms with Crippen molar-refractivity contribution < 1.29 is 38.1 Å². The number of benzene rings is 2. The van der Waals surface area contributed by atoms with E-state index in [4.69, 9.17) is 23.7 Å². The predicted octanol–water partition coefficient (Wildman–Crippen LogP) is 3.47. The minimum absolute atomic E-state index is 0.213. The first-order chi connectivity index (χ1) is 20.2. The molecule has 3 amide bonds. The normalized spacial score (nSPS) is 15.3. The van der Waals surface area contributed by atoms with E-state index in [0.29, 0.717) is 63.9 Å². The van der Waals surface area contributed by atoms with E-state index >= 15 is 0 Å². The summed E-state index contributed by atoms with van der Waals surface area (Å²) in [5, 5.41) is 0. The fourth-order valence-electron chi connectivity index (χ4n) is 4.59. The first-order valence-corrected chi connectivity index (χ1v) is 14.4. The van der Waals surface area contributed by atoms with Gasteiger partial charge in [0.25, 0.3) is 11.8 Å². The summed E-state index contributed by atoms with van der Waals surface area (Å²) in [5.41, 5.74) is 1.49. The van der Waals surface area contributed by atoms with Crippen molar-refractivity contribution in [3.05, 3.63) is 59.7 Å². The van der Waals surface area contributed by atoms with E-state index in [0.717, 1.165) is 24.5 Å². The fraction of sp³-hybridized carbons (Fsp3) is 0.516. The van der Waals surface area contributed by atoms with E-state index in [-0.39, 0.29) is 31.1 Å². The number of piperazine rings is 1. The molecular weight excluding hydrogens is 542 g/mol. The minimum atomic E-state index is -0.490. The molecule has 0 radical (unpaired) electrons.